The van der Waals surface area contributed by atoms with Crippen LogP contribution in [0, 0.1) is 11.3 Å². The van der Waals surface area contributed by atoms with Gasteiger partial charge >= 0.3 is 6.09 Å². The van der Waals surface area contributed by atoms with Crippen LogP contribution < -0.4 is 0 Å². The molecule has 0 heterocycles. The maximum atomic E-state index is 11.0. The van der Waals surface area contributed by atoms with Crippen LogP contribution >= 0.6 is 0 Å². The van der Waals surface area contributed by atoms with E-state index in [4.69, 9.17) is 14.7 Å². The molecule has 1 atom stereocenters. The van der Waals surface area contributed by atoms with E-state index in [1.54, 1.807) is 6.92 Å². The second kappa shape index (κ2) is 7.76. The van der Waals surface area contributed by atoms with E-state index in [-0.39, 0.29) is 18.9 Å². The summed E-state index contributed by atoms with van der Waals surface area (Å²) in [6, 6.07) is 1.90. The predicted molar refractivity (Wildman–Crippen MR) is 52.5 cm³/mol. The second-order valence-corrected chi connectivity index (χ2v) is 2.44. The number of carbonyl (C=O) groups excluding carboxylic acids is 1. The highest BCUT2D eigenvalue weighted by molar-refractivity contribution is 5.90. The normalized spacial score (nSPS) is 12.8. The Morgan fingerprint density at radius 2 is 2.20 bits per heavy atom. The standard InChI is InChI=1S/C9H14N2O4/c1-4-15-9(12)11-8(14-3)7(13-2)5-6-10/h7H,4-5H2,1-3H3/b11-8-. The van der Waals surface area contributed by atoms with E-state index in [0.29, 0.717) is 0 Å². The van der Waals surface area contributed by atoms with Crippen molar-refractivity contribution in [3.63, 3.8) is 0 Å². The Hall–Kier alpha value is -1.61. The van der Waals surface area contributed by atoms with E-state index in [1.807, 2.05) is 6.07 Å². The van der Waals surface area contributed by atoms with Crippen molar-refractivity contribution in [3.8, 4) is 6.07 Å². The van der Waals surface area contributed by atoms with Crippen molar-refractivity contribution in [2.75, 3.05) is 20.8 Å². The van der Waals surface area contributed by atoms with Gasteiger partial charge in [-0.1, -0.05) is 0 Å². The van der Waals surface area contributed by atoms with E-state index < -0.39 is 12.2 Å². The highest BCUT2D eigenvalue weighted by atomic mass is 16.6. The smallest absolute Gasteiger partial charge is 0.436 e. The number of aliphatic imine (C=N–C) groups is 1. The predicted octanol–water partition coefficient (Wildman–Crippen LogP) is 1.12. The monoisotopic (exact) mass is 214 g/mol. The van der Waals surface area contributed by atoms with Gasteiger partial charge in [-0.3, -0.25) is 0 Å². The first kappa shape index (κ1) is 13.4. The lowest BCUT2D eigenvalue weighted by atomic mass is 10.2. The van der Waals surface area contributed by atoms with Crippen molar-refractivity contribution < 1.29 is 19.0 Å². The van der Waals surface area contributed by atoms with Crippen LogP contribution in [0.5, 0.6) is 0 Å². The lowest BCUT2D eigenvalue weighted by Gasteiger charge is -2.12. The molecular weight excluding hydrogens is 200 g/mol. The molecule has 0 aromatic heterocycles. The van der Waals surface area contributed by atoms with Crippen LogP contribution in [0.1, 0.15) is 13.3 Å². The fourth-order valence-corrected chi connectivity index (χ4v) is 0.849. The van der Waals surface area contributed by atoms with Gasteiger partial charge < -0.3 is 14.2 Å². The third-order valence-electron chi connectivity index (χ3n) is 1.52. The van der Waals surface area contributed by atoms with Crippen molar-refractivity contribution >= 4 is 12.0 Å². The molecule has 0 aliphatic rings. The van der Waals surface area contributed by atoms with Gasteiger partial charge in [-0.25, -0.2) is 4.79 Å². The van der Waals surface area contributed by atoms with E-state index in [9.17, 15) is 4.79 Å². The fraction of sp³-hybridized carbons (Fsp3) is 0.667. The molecule has 1 unspecified atom stereocenters. The molecule has 0 spiro atoms. The molecule has 0 fully saturated rings. The molecule has 84 valence electrons. The number of hydrogen-bond donors (Lipinski definition) is 0. The van der Waals surface area contributed by atoms with E-state index in [2.05, 4.69) is 9.73 Å². The van der Waals surface area contributed by atoms with Gasteiger partial charge in [0.1, 0.15) is 6.10 Å². The van der Waals surface area contributed by atoms with Crippen molar-refractivity contribution in [1.29, 1.82) is 5.26 Å². The summed E-state index contributed by atoms with van der Waals surface area (Å²) in [6.07, 6.45) is -1.35. The second-order valence-electron chi connectivity index (χ2n) is 2.44. The van der Waals surface area contributed by atoms with Crippen molar-refractivity contribution in [1.82, 2.24) is 0 Å². The minimum absolute atomic E-state index is 0.0394. The van der Waals surface area contributed by atoms with Gasteiger partial charge in [-0.05, 0) is 6.92 Å². The SMILES string of the molecule is CCOC(=O)/N=C(\OC)C(CC#N)OC. The van der Waals surface area contributed by atoms with Crippen LogP contribution in [-0.2, 0) is 14.2 Å². The van der Waals surface area contributed by atoms with Gasteiger partial charge in [0.2, 0.25) is 5.90 Å². The number of carbonyl (C=O) groups is 1. The summed E-state index contributed by atoms with van der Waals surface area (Å²) in [5, 5.41) is 8.49. The zero-order valence-electron chi connectivity index (χ0n) is 9.02. The van der Waals surface area contributed by atoms with Crippen LogP contribution in [-0.4, -0.2) is 38.9 Å². The summed E-state index contributed by atoms with van der Waals surface area (Å²) < 4.78 is 14.4. The van der Waals surface area contributed by atoms with Crippen LogP contribution in [0.15, 0.2) is 4.99 Å². The molecule has 1 amide bonds. The lowest BCUT2D eigenvalue weighted by molar-refractivity contribution is 0.133. The van der Waals surface area contributed by atoms with E-state index in [1.165, 1.54) is 14.2 Å². The molecule has 0 saturated carbocycles. The number of nitrogens with zero attached hydrogens (tertiary/aromatic N) is 2. The molecule has 0 rings (SSSR count). The Kier molecular flexibility index (Phi) is 6.93. The number of amides is 1. The minimum atomic E-state index is -0.755. The average molecular weight is 214 g/mol. The Labute approximate surface area is 88.4 Å². The molecule has 6 heteroatoms. The Balaban J connectivity index is 4.57. The zero-order chi connectivity index (χ0) is 11.7. The topological polar surface area (TPSA) is 80.9 Å². The quantitative estimate of drug-likeness (QED) is 0.517. The molecule has 0 aliphatic heterocycles. The molecule has 15 heavy (non-hydrogen) atoms. The van der Waals surface area contributed by atoms with Gasteiger partial charge in [0.05, 0.1) is 26.2 Å². The number of rotatable bonds is 4. The first-order chi connectivity index (χ1) is 7.19. The maximum absolute atomic E-state index is 11.0. The first-order valence-electron chi connectivity index (χ1n) is 4.38. The lowest BCUT2D eigenvalue weighted by Crippen LogP contribution is -2.25. The Morgan fingerprint density at radius 1 is 1.53 bits per heavy atom. The largest absolute Gasteiger partial charge is 0.482 e. The maximum Gasteiger partial charge on any atom is 0.436 e. The van der Waals surface area contributed by atoms with Crippen LogP contribution in [0.4, 0.5) is 4.79 Å². The number of nitriles is 1. The Bertz CT molecular complexity index is 270. The molecule has 6 nitrogen and oxygen atoms in total. The van der Waals surface area contributed by atoms with Crippen LogP contribution in [0.3, 0.4) is 0 Å². The van der Waals surface area contributed by atoms with Gasteiger partial charge in [-0.2, -0.15) is 5.26 Å². The van der Waals surface area contributed by atoms with Crippen LogP contribution in [0.2, 0.25) is 0 Å². The molecule has 0 aromatic carbocycles. The molecule has 0 N–H and O–H groups in total. The summed E-state index contributed by atoms with van der Waals surface area (Å²) in [4.78, 5) is 14.5. The summed E-state index contributed by atoms with van der Waals surface area (Å²) >= 11 is 0. The summed E-state index contributed by atoms with van der Waals surface area (Å²) in [5.74, 6) is 0.0394. The molecule has 0 bridgehead atoms. The molecule has 0 aliphatic carbocycles. The first-order valence-corrected chi connectivity index (χ1v) is 4.38. The molecule has 0 aromatic rings. The average Bonchev–Trinajstić information content (AvgIpc) is 2.23. The van der Waals surface area contributed by atoms with Crippen LogP contribution in [0.25, 0.3) is 0 Å². The number of ether oxygens (including phenoxy) is 3. The highest BCUT2D eigenvalue weighted by Crippen LogP contribution is 2.02. The number of hydrogen-bond acceptors (Lipinski definition) is 5. The third-order valence-corrected chi connectivity index (χ3v) is 1.52. The van der Waals surface area contributed by atoms with Gasteiger partial charge in [0.15, 0.2) is 0 Å². The third kappa shape index (κ3) is 4.98. The Morgan fingerprint density at radius 3 is 2.60 bits per heavy atom. The van der Waals surface area contributed by atoms with Crippen molar-refractivity contribution in [2.45, 2.75) is 19.4 Å². The van der Waals surface area contributed by atoms with Crippen molar-refractivity contribution in [2.24, 2.45) is 4.99 Å². The molecular formula is C9H14N2O4. The number of methoxy groups -OCH3 is 2. The minimum Gasteiger partial charge on any atom is -0.482 e. The molecule has 0 radical (unpaired) electrons. The summed E-state index contributed by atoms with van der Waals surface area (Å²) in [5.41, 5.74) is 0. The van der Waals surface area contributed by atoms with Gasteiger partial charge in [-0.15, -0.1) is 4.99 Å². The summed E-state index contributed by atoms with van der Waals surface area (Å²) in [6.45, 7) is 1.90. The van der Waals surface area contributed by atoms with E-state index >= 15 is 0 Å². The van der Waals surface area contributed by atoms with E-state index in [0.717, 1.165) is 0 Å². The molecule has 0 saturated heterocycles. The highest BCUT2D eigenvalue weighted by Gasteiger charge is 2.17. The summed E-state index contributed by atoms with van der Waals surface area (Å²) in [7, 11) is 2.75. The van der Waals surface area contributed by atoms with Gasteiger partial charge in [0, 0.05) is 7.11 Å². The fourth-order valence-electron chi connectivity index (χ4n) is 0.849. The van der Waals surface area contributed by atoms with Crippen molar-refractivity contribution in [3.05, 3.63) is 0 Å². The zero-order valence-corrected chi connectivity index (χ0v) is 9.02. The van der Waals surface area contributed by atoms with Gasteiger partial charge in [0.25, 0.3) is 0 Å².